The van der Waals surface area contributed by atoms with Crippen LogP contribution in [0.1, 0.15) is 27.5 Å². The fourth-order valence-electron chi connectivity index (χ4n) is 2.60. The molecule has 0 unspecified atom stereocenters. The highest BCUT2D eigenvalue weighted by Crippen LogP contribution is 2.20. The van der Waals surface area contributed by atoms with Gasteiger partial charge in [-0.05, 0) is 38.0 Å². The second kappa shape index (κ2) is 5.67. The summed E-state index contributed by atoms with van der Waals surface area (Å²) in [5, 5.41) is 8.09. The van der Waals surface area contributed by atoms with Crippen LogP contribution in [0, 0.1) is 13.8 Å². The lowest BCUT2D eigenvalue weighted by Gasteiger charge is -2.15. The Labute approximate surface area is 128 Å². The van der Waals surface area contributed by atoms with E-state index in [4.69, 9.17) is 4.42 Å². The Morgan fingerprint density at radius 3 is 2.77 bits per heavy atom. The first-order valence-corrected chi connectivity index (χ1v) is 7.30. The van der Waals surface area contributed by atoms with E-state index in [-0.39, 0.29) is 5.91 Å². The second-order valence-electron chi connectivity index (χ2n) is 5.54. The van der Waals surface area contributed by atoms with Gasteiger partial charge in [-0.2, -0.15) is 5.10 Å². The zero-order valence-corrected chi connectivity index (χ0v) is 13.0. The average Bonchev–Trinajstić information content (AvgIpc) is 3.08. The fraction of sp³-hybridized carbons (Fsp3) is 0.294. The monoisotopic (exact) mass is 297 g/mol. The summed E-state index contributed by atoms with van der Waals surface area (Å²) in [6.07, 6.45) is 0.774. The van der Waals surface area contributed by atoms with Gasteiger partial charge < -0.3 is 9.32 Å². The van der Waals surface area contributed by atoms with Gasteiger partial charge in [0.25, 0.3) is 5.91 Å². The van der Waals surface area contributed by atoms with Crippen molar-refractivity contribution >= 4 is 16.9 Å². The van der Waals surface area contributed by atoms with E-state index in [1.54, 1.807) is 18.0 Å². The molecule has 114 valence electrons. The standard InChI is InChI=1S/C17H19N3O2/c1-11-14(12(2)19-18-11)8-9-20(3)17(21)16-10-13-6-4-5-7-15(13)22-16/h4-7,10H,8-9H2,1-3H3,(H,18,19). The number of likely N-dealkylation sites (N-methyl/N-ethyl adjacent to an activating group) is 1. The van der Waals surface area contributed by atoms with Crippen LogP contribution in [-0.2, 0) is 6.42 Å². The molecule has 0 spiro atoms. The summed E-state index contributed by atoms with van der Waals surface area (Å²) < 4.78 is 5.63. The third-order valence-electron chi connectivity index (χ3n) is 3.96. The summed E-state index contributed by atoms with van der Waals surface area (Å²) >= 11 is 0. The highest BCUT2D eigenvalue weighted by atomic mass is 16.3. The SMILES string of the molecule is Cc1n[nH]c(C)c1CCN(C)C(=O)c1cc2ccccc2o1. The Morgan fingerprint density at radius 2 is 2.09 bits per heavy atom. The molecule has 0 aliphatic carbocycles. The summed E-state index contributed by atoms with van der Waals surface area (Å²) in [7, 11) is 1.79. The topological polar surface area (TPSA) is 62.1 Å². The second-order valence-corrected chi connectivity index (χ2v) is 5.54. The van der Waals surface area contributed by atoms with E-state index in [0.29, 0.717) is 12.3 Å². The number of carbonyl (C=O) groups is 1. The summed E-state index contributed by atoms with van der Waals surface area (Å²) in [5.41, 5.74) is 3.95. The molecule has 2 heterocycles. The number of fused-ring (bicyclic) bond motifs is 1. The maximum atomic E-state index is 12.5. The number of nitrogens with zero attached hydrogens (tertiary/aromatic N) is 2. The number of carbonyl (C=O) groups excluding carboxylic acids is 1. The van der Waals surface area contributed by atoms with Gasteiger partial charge in [-0.3, -0.25) is 9.89 Å². The lowest BCUT2D eigenvalue weighted by atomic mass is 10.1. The van der Waals surface area contributed by atoms with Crippen molar-refractivity contribution in [3.63, 3.8) is 0 Å². The van der Waals surface area contributed by atoms with E-state index in [1.165, 1.54) is 5.56 Å². The maximum Gasteiger partial charge on any atom is 0.289 e. The van der Waals surface area contributed by atoms with Crippen LogP contribution in [0.4, 0.5) is 0 Å². The van der Waals surface area contributed by atoms with E-state index in [9.17, 15) is 4.79 Å². The first-order valence-electron chi connectivity index (χ1n) is 7.30. The van der Waals surface area contributed by atoms with Crippen LogP contribution in [-0.4, -0.2) is 34.6 Å². The summed E-state index contributed by atoms with van der Waals surface area (Å²) in [4.78, 5) is 14.1. The number of para-hydroxylation sites is 1. The largest absolute Gasteiger partial charge is 0.451 e. The minimum Gasteiger partial charge on any atom is -0.451 e. The molecular formula is C17H19N3O2. The van der Waals surface area contributed by atoms with Crippen LogP contribution in [0.2, 0.25) is 0 Å². The Morgan fingerprint density at radius 1 is 1.32 bits per heavy atom. The summed E-state index contributed by atoms with van der Waals surface area (Å²) in [6, 6.07) is 9.43. The van der Waals surface area contributed by atoms with Crippen LogP contribution in [0.3, 0.4) is 0 Å². The lowest BCUT2D eigenvalue weighted by molar-refractivity contribution is 0.0767. The summed E-state index contributed by atoms with van der Waals surface area (Å²) in [5.74, 6) is 0.277. The van der Waals surface area contributed by atoms with Crippen molar-refractivity contribution < 1.29 is 9.21 Å². The molecule has 5 nitrogen and oxygen atoms in total. The molecule has 0 aliphatic rings. The molecule has 3 aromatic rings. The molecule has 0 aliphatic heterocycles. The number of aromatic amines is 1. The van der Waals surface area contributed by atoms with Gasteiger partial charge in [0, 0.05) is 24.7 Å². The van der Waals surface area contributed by atoms with Gasteiger partial charge in [0.15, 0.2) is 5.76 Å². The lowest BCUT2D eigenvalue weighted by Crippen LogP contribution is -2.28. The first-order chi connectivity index (χ1) is 10.6. The van der Waals surface area contributed by atoms with Crippen LogP contribution in [0.25, 0.3) is 11.0 Å². The van der Waals surface area contributed by atoms with Gasteiger partial charge in [-0.1, -0.05) is 18.2 Å². The molecule has 2 aromatic heterocycles. The number of hydrogen-bond donors (Lipinski definition) is 1. The molecule has 0 atom stereocenters. The molecule has 3 rings (SSSR count). The third-order valence-corrected chi connectivity index (χ3v) is 3.96. The minimum atomic E-state index is -0.102. The highest BCUT2D eigenvalue weighted by molar-refractivity contribution is 5.95. The number of furan rings is 1. The molecule has 22 heavy (non-hydrogen) atoms. The Balaban J connectivity index is 1.71. The van der Waals surface area contributed by atoms with Gasteiger partial charge in [0.05, 0.1) is 5.69 Å². The molecule has 0 saturated carbocycles. The van der Waals surface area contributed by atoms with E-state index >= 15 is 0 Å². The zero-order chi connectivity index (χ0) is 15.7. The van der Waals surface area contributed by atoms with Gasteiger partial charge in [-0.15, -0.1) is 0 Å². The van der Waals surface area contributed by atoms with Crippen LogP contribution >= 0.6 is 0 Å². The summed E-state index contributed by atoms with van der Waals surface area (Å²) in [6.45, 7) is 4.59. The third kappa shape index (κ3) is 2.62. The van der Waals surface area contributed by atoms with Gasteiger partial charge in [-0.25, -0.2) is 0 Å². The number of H-pyrrole nitrogens is 1. The zero-order valence-electron chi connectivity index (χ0n) is 13.0. The Kier molecular flexibility index (Phi) is 3.71. The Hall–Kier alpha value is -2.56. The smallest absolute Gasteiger partial charge is 0.289 e. The van der Waals surface area contributed by atoms with Crippen LogP contribution in [0.5, 0.6) is 0 Å². The van der Waals surface area contributed by atoms with Gasteiger partial charge >= 0.3 is 0 Å². The van der Waals surface area contributed by atoms with E-state index in [1.807, 2.05) is 38.1 Å². The van der Waals surface area contributed by atoms with Crippen molar-refractivity contribution in [2.24, 2.45) is 0 Å². The van der Waals surface area contributed by atoms with Crippen molar-refractivity contribution in [1.82, 2.24) is 15.1 Å². The van der Waals surface area contributed by atoms with Crippen LogP contribution in [0.15, 0.2) is 34.7 Å². The maximum absolute atomic E-state index is 12.5. The van der Waals surface area contributed by atoms with Crippen molar-refractivity contribution in [2.45, 2.75) is 20.3 Å². The van der Waals surface area contributed by atoms with Gasteiger partial charge in [0.2, 0.25) is 0 Å². The minimum absolute atomic E-state index is 0.102. The number of aromatic nitrogens is 2. The molecule has 5 heteroatoms. The fourth-order valence-corrected chi connectivity index (χ4v) is 2.60. The quantitative estimate of drug-likeness (QED) is 0.805. The molecule has 1 N–H and O–H groups in total. The number of amides is 1. The Bertz CT molecular complexity index is 764. The van der Waals surface area contributed by atoms with Crippen molar-refractivity contribution in [1.29, 1.82) is 0 Å². The molecule has 1 amide bonds. The molecule has 0 bridgehead atoms. The number of benzene rings is 1. The predicted octanol–water partition coefficient (Wildman–Crippen LogP) is 3.09. The highest BCUT2D eigenvalue weighted by Gasteiger charge is 2.17. The molecule has 0 radical (unpaired) electrons. The molecule has 0 fully saturated rings. The van der Waals surface area contributed by atoms with Crippen LogP contribution < -0.4 is 0 Å². The van der Waals surface area contributed by atoms with Crippen molar-refractivity contribution in [2.75, 3.05) is 13.6 Å². The predicted molar refractivity (Wildman–Crippen MR) is 84.9 cm³/mol. The number of rotatable bonds is 4. The number of hydrogen-bond acceptors (Lipinski definition) is 3. The van der Waals surface area contributed by atoms with E-state index < -0.39 is 0 Å². The molecule has 1 aromatic carbocycles. The van der Waals surface area contributed by atoms with E-state index in [0.717, 1.165) is 28.8 Å². The molecule has 0 saturated heterocycles. The first kappa shape index (κ1) is 14.4. The molecular weight excluding hydrogens is 278 g/mol. The normalized spacial score (nSPS) is 11.0. The van der Waals surface area contributed by atoms with Gasteiger partial charge in [0.1, 0.15) is 5.58 Å². The van der Waals surface area contributed by atoms with Crippen molar-refractivity contribution in [3.8, 4) is 0 Å². The average molecular weight is 297 g/mol. The number of aryl methyl sites for hydroxylation is 2. The van der Waals surface area contributed by atoms with Crippen molar-refractivity contribution in [3.05, 3.63) is 53.0 Å². The van der Waals surface area contributed by atoms with E-state index in [2.05, 4.69) is 10.2 Å². The number of nitrogens with one attached hydrogen (secondary N) is 1.